The van der Waals surface area contributed by atoms with Crippen LogP contribution in [0.15, 0.2) is 52.9 Å². The third-order valence-electron chi connectivity index (χ3n) is 3.35. The lowest BCUT2D eigenvalue weighted by atomic mass is 10.1. The van der Waals surface area contributed by atoms with Crippen LogP contribution < -0.4 is 4.74 Å². The number of ether oxygens (including phenoxy) is 1. The van der Waals surface area contributed by atoms with E-state index in [1.807, 2.05) is 36.4 Å². The number of hydrogen-bond acceptors (Lipinski definition) is 3. The molecule has 0 unspecified atom stereocenters. The molecule has 21 heavy (non-hydrogen) atoms. The number of carboxylic acid groups (broad SMARTS) is 1. The third kappa shape index (κ3) is 2.60. The van der Waals surface area contributed by atoms with E-state index in [-0.39, 0.29) is 5.76 Å². The minimum Gasteiger partial charge on any atom is -0.489 e. The van der Waals surface area contributed by atoms with Crippen LogP contribution in [-0.4, -0.2) is 11.1 Å². The van der Waals surface area contributed by atoms with Crippen molar-refractivity contribution >= 4 is 16.9 Å². The first-order chi connectivity index (χ1) is 10.1. The fourth-order valence-corrected chi connectivity index (χ4v) is 2.23. The van der Waals surface area contributed by atoms with E-state index >= 15 is 0 Å². The summed E-state index contributed by atoms with van der Waals surface area (Å²) in [5, 5.41) is 9.83. The van der Waals surface area contributed by atoms with Crippen LogP contribution in [0.3, 0.4) is 0 Å². The van der Waals surface area contributed by atoms with Gasteiger partial charge >= 0.3 is 5.97 Å². The number of benzene rings is 2. The molecule has 4 heteroatoms. The average molecular weight is 282 g/mol. The van der Waals surface area contributed by atoms with Crippen LogP contribution in [0.25, 0.3) is 11.0 Å². The Morgan fingerprint density at radius 3 is 2.67 bits per heavy atom. The molecule has 0 spiro atoms. The molecule has 1 heterocycles. The normalized spacial score (nSPS) is 10.7. The van der Waals surface area contributed by atoms with Crippen LogP contribution in [0.4, 0.5) is 0 Å². The van der Waals surface area contributed by atoms with Crippen molar-refractivity contribution in [2.24, 2.45) is 0 Å². The number of furan rings is 1. The van der Waals surface area contributed by atoms with Crippen molar-refractivity contribution in [3.05, 3.63) is 65.4 Å². The molecule has 0 aliphatic carbocycles. The summed E-state index contributed by atoms with van der Waals surface area (Å²) in [5.41, 5.74) is 2.24. The zero-order valence-electron chi connectivity index (χ0n) is 11.5. The summed E-state index contributed by atoms with van der Waals surface area (Å²) in [4.78, 5) is 11.1. The van der Waals surface area contributed by atoms with E-state index < -0.39 is 5.97 Å². The lowest BCUT2D eigenvalue weighted by Gasteiger charge is -2.06. The van der Waals surface area contributed by atoms with Crippen molar-refractivity contribution in [1.82, 2.24) is 0 Å². The smallest absolute Gasteiger partial charge is 0.372 e. The zero-order valence-corrected chi connectivity index (χ0v) is 11.5. The maximum Gasteiger partial charge on any atom is 0.372 e. The molecule has 4 nitrogen and oxygen atoms in total. The Kier molecular flexibility index (Phi) is 3.36. The van der Waals surface area contributed by atoms with Gasteiger partial charge < -0.3 is 14.3 Å². The zero-order chi connectivity index (χ0) is 14.8. The monoisotopic (exact) mass is 282 g/mol. The molecule has 0 aliphatic rings. The lowest BCUT2D eigenvalue weighted by molar-refractivity contribution is 0.0664. The van der Waals surface area contributed by atoms with Gasteiger partial charge in [0, 0.05) is 10.9 Å². The standard InChI is InChI=1S/C17H14O4/c1-11-14-9-13(20-10-12-5-3-2-4-6-12)7-8-15(14)21-16(11)17(18)19/h2-9H,10H2,1H3,(H,18,19). The van der Waals surface area contributed by atoms with E-state index in [9.17, 15) is 4.79 Å². The Labute approximate surface area is 121 Å². The molecule has 0 saturated heterocycles. The van der Waals surface area contributed by atoms with Gasteiger partial charge in [-0.25, -0.2) is 4.79 Å². The van der Waals surface area contributed by atoms with Gasteiger partial charge in [-0.1, -0.05) is 30.3 Å². The second kappa shape index (κ2) is 5.32. The summed E-state index contributed by atoms with van der Waals surface area (Å²) in [6, 6.07) is 15.2. The second-order valence-electron chi connectivity index (χ2n) is 4.79. The van der Waals surface area contributed by atoms with Crippen molar-refractivity contribution in [1.29, 1.82) is 0 Å². The van der Waals surface area contributed by atoms with Gasteiger partial charge in [0.25, 0.3) is 0 Å². The van der Waals surface area contributed by atoms with Gasteiger partial charge in [0.05, 0.1) is 0 Å². The molecule has 0 atom stereocenters. The van der Waals surface area contributed by atoms with Crippen LogP contribution in [0, 0.1) is 6.92 Å². The fraction of sp³-hybridized carbons (Fsp3) is 0.118. The molecule has 1 N–H and O–H groups in total. The van der Waals surface area contributed by atoms with Crippen molar-refractivity contribution in [3.63, 3.8) is 0 Å². The van der Waals surface area contributed by atoms with E-state index in [1.54, 1.807) is 19.1 Å². The minimum atomic E-state index is -1.06. The summed E-state index contributed by atoms with van der Waals surface area (Å²) in [6.07, 6.45) is 0. The predicted octanol–water partition coefficient (Wildman–Crippen LogP) is 4.02. The van der Waals surface area contributed by atoms with Crippen molar-refractivity contribution in [3.8, 4) is 5.75 Å². The van der Waals surface area contributed by atoms with Gasteiger partial charge in [-0.15, -0.1) is 0 Å². The minimum absolute atomic E-state index is 0.0230. The number of fused-ring (bicyclic) bond motifs is 1. The largest absolute Gasteiger partial charge is 0.489 e. The Morgan fingerprint density at radius 1 is 1.19 bits per heavy atom. The summed E-state index contributed by atoms with van der Waals surface area (Å²) in [5.74, 6) is -0.396. The van der Waals surface area contributed by atoms with Crippen molar-refractivity contribution in [2.45, 2.75) is 13.5 Å². The maximum atomic E-state index is 11.1. The molecule has 106 valence electrons. The molecular formula is C17H14O4. The van der Waals surface area contributed by atoms with E-state index in [0.717, 1.165) is 10.9 Å². The van der Waals surface area contributed by atoms with Gasteiger partial charge in [0.2, 0.25) is 5.76 Å². The van der Waals surface area contributed by atoms with Crippen LogP contribution in [0.2, 0.25) is 0 Å². The highest BCUT2D eigenvalue weighted by molar-refractivity contribution is 5.95. The van der Waals surface area contributed by atoms with Crippen LogP contribution in [0.1, 0.15) is 21.7 Å². The van der Waals surface area contributed by atoms with E-state index in [4.69, 9.17) is 14.3 Å². The van der Waals surface area contributed by atoms with Crippen LogP contribution in [-0.2, 0) is 6.61 Å². The highest BCUT2D eigenvalue weighted by Crippen LogP contribution is 2.29. The Bertz CT molecular complexity index is 787. The lowest BCUT2D eigenvalue weighted by Crippen LogP contribution is -1.95. The maximum absolute atomic E-state index is 11.1. The Morgan fingerprint density at radius 2 is 1.95 bits per heavy atom. The molecule has 0 bridgehead atoms. The first kappa shape index (κ1) is 13.2. The number of rotatable bonds is 4. The number of carbonyl (C=O) groups is 1. The topological polar surface area (TPSA) is 59.7 Å². The van der Waals surface area contributed by atoms with Gasteiger partial charge in [-0.2, -0.15) is 0 Å². The summed E-state index contributed by atoms with van der Waals surface area (Å²) in [7, 11) is 0. The highest BCUT2D eigenvalue weighted by Gasteiger charge is 2.16. The molecule has 2 aromatic carbocycles. The summed E-state index contributed by atoms with van der Waals surface area (Å²) < 4.78 is 11.1. The van der Waals surface area contributed by atoms with Gasteiger partial charge in [0.15, 0.2) is 0 Å². The molecule has 0 fully saturated rings. The van der Waals surface area contributed by atoms with Crippen LogP contribution in [0.5, 0.6) is 5.75 Å². The molecule has 0 radical (unpaired) electrons. The van der Waals surface area contributed by atoms with Gasteiger partial charge in [0.1, 0.15) is 17.9 Å². The van der Waals surface area contributed by atoms with Crippen molar-refractivity contribution < 1.29 is 19.1 Å². The molecule has 3 rings (SSSR count). The number of aromatic carboxylic acids is 1. The second-order valence-corrected chi connectivity index (χ2v) is 4.79. The van der Waals surface area contributed by atoms with E-state index in [1.165, 1.54) is 0 Å². The fourth-order valence-electron chi connectivity index (χ4n) is 2.23. The van der Waals surface area contributed by atoms with Gasteiger partial charge in [-0.05, 0) is 30.7 Å². The van der Waals surface area contributed by atoms with E-state index in [2.05, 4.69) is 0 Å². The Balaban J connectivity index is 1.87. The predicted molar refractivity (Wildman–Crippen MR) is 78.7 cm³/mol. The highest BCUT2D eigenvalue weighted by atomic mass is 16.5. The Hall–Kier alpha value is -2.75. The molecule has 0 amide bonds. The quantitative estimate of drug-likeness (QED) is 0.785. The molecular weight excluding hydrogens is 268 g/mol. The molecule has 1 aromatic heterocycles. The summed E-state index contributed by atoms with van der Waals surface area (Å²) in [6.45, 7) is 2.20. The third-order valence-corrected chi connectivity index (χ3v) is 3.35. The summed E-state index contributed by atoms with van der Waals surface area (Å²) >= 11 is 0. The van der Waals surface area contributed by atoms with E-state index in [0.29, 0.717) is 23.5 Å². The average Bonchev–Trinajstić information content (AvgIpc) is 2.83. The number of aryl methyl sites for hydroxylation is 1. The number of hydrogen-bond donors (Lipinski definition) is 1. The van der Waals surface area contributed by atoms with Crippen LogP contribution >= 0.6 is 0 Å². The SMILES string of the molecule is Cc1c(C(=O)O)oc2ccc(OCc3ccccc3)cc12. The number of carboxylic acids is 1. The molecule has 3 aromatic rings. The molecule has 0 aliphatic heterocycles. The van der Waals surface area contributed by atoms with Gasteiger partial charge in [-0.3, -0.25) is 0 Å². The molecule has 0 saturated carbocycles. The first-order valence-corrected chi connectivity index (χ1v) is 6.58. The van der Waals surface area contributed by atoms with Crippen molar-refractivity contribution in [2.75, 3.05) is 0 Å². The first-order valence-electron chi connectivity index (χ1n) is 6.58.